The zero-order chi connectivity index (χ0) is 10.1. The highest BCUT2D eigenvalue weighted by atomic mass is 19.1. The molecule has 1 aromatic carbocycles. The van der Waals surface area contributed by atoms with Crippen LogP contribution in [-0.4, -0.2) is 5.78 Å². The number of carbonyl (C=O) groups is 1. The number of hydrogen-bond acceptors (Lipinski definition) is 1. The van der Waals surface area contributed by atoms with E-state index in [1.165, 1.54) is 12.1 Å². The second kappa shape index (κ2) is 3.29. The normalized spacial score (nSPS) is 11.4. The van der Waals surface area contributed by atoms with Crippen LogP contribution in [0.1, 0.15) is 31.1 Å². The Morgan fingerprint density at radius 2 is 1.92 bits per heavy atom. The summed E-state index contributed by atoms with van der Waals surface area (Å²) in [5.41, 5.74) is -0.0131. The van der Waals surface area contributed by atoms with E-state index in [1.54, 1.807) is 12.1 Å². The Balaban J connectivity index is 3.03. The van der Waals surface area contributed by atoms with Gasteiger partial charge in [0.25, 0.3) is 0 Å². The second-order valence-electron chi connectivity index (χ2n) is 4.09. The van der Waals surface area contributed by atoms with Gasteiger partial charge in [-0.25, -0.2) is 4.39 Å². The molecule has 0 saturated carbocycles. The number of halogens is 1. The third kappa shape index (κ3) is 2.38. The lowest BCUT2D eigenvalue weighted by Crippen LogP contribution is -2.20. The molecule has 0 fully saturated rings. The lowest BCUT2D eigenvalue weighted by atomic mass is 9.86. The smallest absolute Gasteiger partial charge is 0.168 e. The van der Waals surface area contributed by atoms with Crippen LogP contribution in [0, 0.1) is 11.2 Å². The highest BCUT2D eigenvalue weighted by Crippen LogP contribution is 2.20. The molecule has 0 N–H and O–H groups in total. The first-order valence-corrected chi connectivity index (χ1v) is 4.21. The zero-order valence-corrected chi connectivity index (χ0v) is 8.10. The van der Waals surface area contributed by atoms with Crippen LogP contribution < -0.4 is 0 Å². The molecule has 0 aliphatic rings. The minimum Gasteiger partial charge on any atom is -0.294 e. The first-order chi connectivity index (χ1) is 5.91. The van der Waals surface area contributed by atoms with E-state index in [0.29, 0.717) is 5.56 Å². The van der Waals surface area contributed by atoms with E-state index in [9.17, 15) is 9.18 Å². The van der Waals surface area contributed by atoms with Crippen LogP contribution >= 0.6 is 0 Å². The molecular weight excluding hydrogens is 167 g/mol. The van der Waals surface area contributed by atoms with Crippen LogP contribution in [0.4, 0.5) is 4.39 Å². The van der Waals surface area contributed by atoms with E-state index >= 15 is 0 Å². The fourth-order valence-corrected chi connectivity index (χ4v) is 1.06. The van der Waals surface area contributed by atoms with Crippen molar-refractivity contribution in [3.63, 3.8) is 0 Å². The van der Waals surface area contributed by atoms with Crippen molar-refractivity contribution < 1.29 is 9.18 Å². The summed E-state index contributed by atoms with van der Waals surface area (Å²) in [6, 6.07) is 5.79. The molecule has 0 saturated heterocycles. The fourth-order valence-electron chi connectivity index (χ4n) is 1.06. The number of ketones is 1. The molecular formula is C11H13FO. The Hall–Kier alpha value is -1.18. The van der Waals surface area contributed by atoms with Gasteiger partial charge in [-0.3, -0.25) is 4.79 Å². The molecule has 1 rings (SSSR count). The van der Waals surface area contributed by atoms with Crippen molar-refractivity contribution in [2.45, 2.75) is 20.8 Å². The lowest BCUT2D eigenvalue weighted by molar-refractivity contribution is 0.0858. The molecule has 0 aliphatic carbocycles. The van der Waals surface area contributed by atoms with Gasteiger partial charge in [-0.1, -0.05) is 32.9 Å². The third-order valence-electron chi connectivity index (χ3n) is 1.77. The van der Waals surface area contributed by atoms with E-state index in [1.807, 2.05) is 20.8 Å². The highest BCUT2D eigenvalue weighted by Gasteiger charge is 2.22. The molecule has 70 valence electrons. The molecule has 0 radical (unpaired) electrons. The maximum Gasteiger partial charge on any atom is 0.168 e. The van der Waals surface area contributed by atoms with Crippen molar-refractivity contribution in [2.24, 2.45) is 5.41 Å². The molecule has 0 bridgehead atoms. The topological polar surface area (TPSA) is 17.1 Å². The molecule has 0 heterocycles. The maximum absolute atomic E-state index is 12.8. The Bertz CT molecular complexity index is 323. The summed E-state index contributed by atoms with van der Waals surface area (Å²) >= 11 is 0. The summed E-state index contributed by atoms with van der Waals surface area (Å²) in [5, 5.41) is 0. The van der Waals surface area contributed by atoms with Gasteiger partial charge in [0.05, 0.1) is 0 Å². The maximum atomic E-state index is 12.8. The highest BCUT2D eigenvalue weighted by molar-refractivity contribution is 5.99. The summed E-state index contributed by atoms with van der Waals surface area (Å²) < 4.78 is 12.8. The second-order valence-corrected chi connectivity index (χ2v) is 4.09. The Morgan fingerprint density at radius 1 is 1.31 bits per heavy atom. The van der Waals surface area contributed by atoms with Gasteiger partial charge in [-0.15, -0.1) is 0 Å². The van der Waals surface area contributed by atoms with Crippen LogP contribution in [0.2, 0.25) is 0 Å². The van der Waals surface area contributed by atoms with Crippen molar-refractivity contribution >= 4 is 5.78 Å². The zero-order valence-electron chi connectivity index (χ0n) is 8.10. The fraction of sp³-hybridized carbons (Fsp3) is 0.364. The number of benzene rings is 1. The van der Waals surface area contributed by atoms with Gasteiger partial charge in [-0.05, 0) is 12.1 Å². The summed E-state index contributed by atoms with van der Waals surface area (Å²) in [6.07, 6.45) is 0. The van der Waals surface area contributed by atoms with Gasteiger partial charge in [0, 0.05) is 11.0 Å². The summed E-state index contributed by atoms with van der Waals surface area (Å²) in [7, 11) is 0. The van der Waals surface area contributed by atoms with Crippen LogP contribution in [-0.2, 0) is 0 Å². The van der Waals surface area contributed by atoms with Gasteiger partial charge < -0.3 is 0 Å². The first kappa shape index (κ1) is 9.90. The molecule has 0 aliphatic heterocycles. The third-order valence-corrected chi connectivity index (χ3v) is 1.77. The number of carbonyl (C=O) groups excluding carboxylic acids is 1. The van der Waals surface area contributed by atoms with Crippen LogP contribution in [0.3, 0.4) is 0 Å². The molecule has 13 heavy (non-hydrogen) atoms. The van der Waals surface area contributed by atoms with Crippen molar-refractivity contribution in [2.75, 3.05) is 0 Å². The largest absolute Gasteiger partial charge is 0.294 e. The van der Waals surface area contributed by atoms with E-state index in [0.717, 1.165) is 0 Å². The van der Waals surface area contributed by atoms with Crippen LogP contribution in [0.15, 0.2) is 24.3 Å². The molecule has 0 unspecified atom stereocenters. The average molecular weight is 180 g/mol. The van der Waals surface area contributed by atoms with E-state index in [2.05, 4.69) is 0 Å². The van der Waals surface area contributed by atoms with E-state index < -0.39 is 5.41 Å². The molecule has 0 amide bonds. The monoisotopic (exact) mass is 180 g/mol. The number of rotatable bonds is 1. The van der Waals surface area contributed by atoms with Gasteiger partial charge in [0.1, 0.15) is 5.82 Å². The Labute approximate surface area is 77.6 Å². The summed E-state index contributed by atoms with van der Waals surface area (Å²) in [5.74, 6) is -0.401. The summed E-state index contributed by atoms with van der Waals surface area (Å²) in [6.45, 7) is 5.46. The molecule has 0 spiro atoms. The Morgan fingerprint density at radius 3 is 2.38 bits per heavy atom. The minimum atomic E-state index is -0.451. The number of hydrogen-bond donors (Lipinski definition) is 0. The van der Waals surface area contributed by atoms with Crippen molar-refractivity contribution in [1.82, 2.24) is 0 Å². The van der Waals surface area contributed by atoms with Gasteiger partial charge in [0.15, 0.2) is 5.78 Å². The van der Waals surface area contributed by atoms with Crippen LogP contribution in [0.5, 0.6) is 0 Å². The summed E-state index contributed by atoms with van der Waals surface area (Å²) in [4.78, 5) is 11.7. The quantitative estimate of drug-likeness (QED) is 0.607. The van der Waals surface area contributed by atoms with Crippen LogP contribution in [0.25, 0.3) is 0 Å². The molecule has 0 aromatic heterocycles. The van der Waals surface area contributed by atoms with Crippen molar-refractivity contribution in [1.29, 1.82) is 0 Å². The molecule has 1 aromatic rings. The lowest BCUT2D eigenvalue weighted by Gasteiger charge is -2.16. The molecule has 1 nitrogen and oxygen atoms in total. The van der Waals surface area contributed by atoms with E-state index in [4.69, 9.17) is 0 Å². The Kier molecular flexibility index (Phi) is 2.50. The predicted octanol–water partition coefficient (Wildman–Crippen LogP) is 3.05. The van der Waals surface area contributed by atoms with E-state index in [-0.39, 0.29) is 11.6 Å². The van der Waals surface area contributed by atoms with Gasteiger partial charge in [0.2, 0.25) is 0 Å². The number of Topliss-reactive ketones (excluding diaryl/α,β-unsaturated/α-hetero) is 1. The SMILES string of the molecule is CC(C)(C)C(=O)c1cccc(F)c1. The van der Waals surface area contributed by atoms with Gasteiger partial charge >= 0.3 is 0 Å². The standard InChI is InChI=1S/C11H13FO/c1-11(2,3)10(13)8-5-4-6-9(12)7-8/h4-7H,1-3H3. The van der Waals surface area contributed by atoms with Crippen molar-refractivity contribution in [3.05, 3.63) is 35.6 Å². The minimum absolute atomic E-state index is 0.0352. The van der Waals surface area contributed by atoms with Gasteiger partial charge in [-0.2, -0.15) is 0 Å². The van der Waals surface area contributed by atoms with Crippen molar-refractivity contribution in [3.8, 4) is 0 Å². The average Bonchev–Trinajstić information content (AvgIpc) is 2.01. The molecule has 0 atom stereocenters. The first-order valence-electron chi connectivity index (χ1n) is 4.21. The molecule has 2 heteroatoms. The predicted molar refractivity (Wildman–Crippen MR) is 50.2 cm³/mol.